The van der Waals surface area contributed by atoms with Crippen molar-refractivity contribution in [1.82, 2.24) is 9.97 Å². The van der Waals surface area contributed by atoms with Crippen LogP contribution in [-0.2, 0) is 18.0 Å². The van der Waals surface area contributed by atoms with E-state index < -0.39 is 0 Å². The molecule has 2 aromatic rings. The number of ether oxygens (including phenoxy) is 2. The number of hydrogen-bond acceptors (Lipinski definition) is 5. The molecule has 1 aromatic carbocycles. The molecule has 0 bridgehead atoms. The highest BCUT2D eigenvalue weighted by molar-refractivity contribution is 14.1. The van der Waals surface area contributed by atoms with E-state index >= 15 is 0 Å². The fourth-order valence-corrected chi connectivity index (χ4v) is 2.34. The quantitative estimate of drug-likeness (QED) is 0.776. The number of nitrogens with one attached hydrogen (secondary N) is 1. The molecular weight excluding hydrogens is 369 g/mol. The van der Waals surface area contributed by atoms with Gasteiger partial charge in [-0.05, 0) is 34.7 Å². The molecule has 0 aliphatic rings. The summed E-state index contributed by atoms with van der Waals surface area (Å²) in [6.07, 6.45) is 0. The Balaban J connectivity index is 2.16. The lowest BCUT2D eigenvalue weighted by Gasteiger charge is -2.11. The zero-order chi connectivity index (χ0) is 14.4. The zero-order valence-electron chi connectivity index (χ0n) is 11.4. The third-order valence-electron chi connectivity index (χ3n) is 2.60. The van der Waals surface area contributed by atoms with Gasteiger partial charge >= 0.3 is 0 Å². The molecule has 6 heteroatoms. The van der Waals surface area contributed by atoms with E-state index in [1.807, 2.05) is 37.4 Å². The molecule has 20 heavy (non-hydrogen) atoms. The van der Waals surface area contributed by atoms with Gasteiger partial charge in [0, 0.05) is 14.2 Å². The maximum atomic E-state index is 5.67. The number of para-hydroxylation sites is 1. The lowest BCUT2D eigenvalue weighted by molar-refractivity contribution is 0.180. The maximum Gasteiger partial charge on any atom is 0.168 e. The first-order valence-corrected chi connectivity index (χ1v) is 7.22. The summed E-state index contributed by atoms with van der Waals surface area (Å²) in [5.74, 6) is 2.22. The van der Waals surface area contributed by atoms with Gasteiger partial charge in [0.05, 0.1) is 15.9 Å². The summed E-state index contributed by atoms with van der Waals surface area (Å²) in [4.78, 5) is 8.92. The summed E-state index contributed by atoms with van der Waals surface area (Å²) in [6.45, 7) is 0.778. The van der Waals surface area contributed by atoms with E-state index in [-0.39, 0.29) is 0 Å². The first-order chi connectivity index (χ1) is 9.74. The molecule has 0 amide bonds. The zero-order valence-corrected chi connectivity index (χ0v) is 13.5. The van der Waals surface area contributed by atoms with Gasteiger partial charge in [0.15, 0.2) is 5.82 Å². The first-order valence-electron chi connectivity index (χ1n) is 6.14. The highest BCUT2D eigenvalue weighted by Crippen LogP contribution is 2.20. The number of rotatable bonds is 6. The molecule has 0 aliphatic carbocycles. The van der Waals surface area contributed by atoms with Crippen LogP contribution in [0.5, 0.6) is 5.75 Å². The van der Waals surface area contributed by atoms with Crippen LogP contribution in [0, 0.1) is 3.57 Å². The van der Waals surface area contributed by atoms with Crippen molar-refractivity contribution in [3.05, 3.63) is 45.4 Å². The molecule has 1 N–H and O–H groups in total. The van der Waals surface area contributed by atoms with E-state index in [1.165, 1.54) is 0 Å². The molecule has 0 saturated carbocycles. The van der Waals surface area contributed by atoms with Gasteiger partial charge in [0.2, 0.25) is 0 Å². The third-order valence-corrected chi connectivity index (χ3v) is 3.73. The predicted molar refractivity (Wildman–Crippen MR) is 85.8 cm³/mol. The summed E-state index contributed by atoms with van der Waals surface area (Å²) < 4.78 is 11.8. The van der Waals surface area contributed by atoms with E-state index in [2.05, 4.69) is 37.9 Å². The SMILES string of the molecule is CNc1nc(COc2ccccc2)nc(COC)c1I. The highest BCUT2D eigenvalue weighted by atomic mass is 127. The van der Waals surface area contributed by atoms with Crippen LogP contribution < -0.4 is 10.1 Å². The number of hydrogen-bond donors (Lipinski definition) is 1. The van der Waals surface area contributed by atoms with Crippen molar-refractivity contribution in [2.75, 3.05) is 19.5 Å². The smallest absolute Gasteiger partial charge is 0.168 e. The lowest BCUT2D eigenvalue weighted by Crippen LogP contribution is -2.10. The Morgan fingerprint density at radius 3 is 2.55 bits per heavy atom. The number of methoxy groups -OCH3 is 1. The van der Waals surface area contributed by atoms with Crippen molar-refractivity contribution in [2.24, 2.45) is 0 Å². The second-order valence-corrected chi connectivity index (χ2v) is 5.11. The van der Waals surface area contributed by atoms with Crippen LogP contribution in [0.3, 0.4) is 0 Å². The second-order valence-electron chi connectivity index (χ2n) is 4.03. The lowest BCUT2D eigenvalue weighted by atomic mass is 10.3. The summed E-state index contributed by atoms with van der Waals surface area (Å²) >= 11 is 2.21. The van der Waals surface area contributed by atoms with Gasteiger partial charge in [-0.25, -0.2) is 9.97 Å². The van der Waals surface area contributed by atoms with E-state index in [0.717, 1.165) is 20.8 Å². The molecule has 0 saturated heterocycles. The minimum absolute atomic E-state index is 0.326. The van der Waals surface area contributed by atoms with E-state index in [1.54, 1.807) is 7.11 Å². The molecule has 0 atom stereocenters. The van der Waals surface area contributed by atoms with Crippen molar-refractivity contribution < 1.29 is 9.47 Å². The minimum Gasteiger partial charge on any atom is -0.486 e. The van der Waals surface area contributed by atoms with Crippen LogP contribution in [0.25, 0.3) is 0 Å². The van der Waals surface area contributed by atoms with E-state index in [4.69, 9.17) is 9.47 Å². The van der Waals surface area contributed by atoms with Gasteiger partial charge < -0.3 is 14.8 Å². The van der Waals surface area contributed by atoms with Gasteiger partial charge in [-0.2, -0.15) is 0 Å². The second kappa shape index (κ2) is 7.39. The Kier molecular flexibility index (Phi) is 5.54. The van der Waals surface area contributed by atoms with Gasteiger partial charge in [0.1, 0.15) is 18.2 Å². The molecule has 5 nitrogen and oxygen atoms in total. The van der Waals surface area contributed by atoms with Crippen molar-refractivity contribution in [3.63, 3.8) is 0 Å². The Labute approximate surface area is 131 Å². The monoisotopic (exact) mass is 385 g/mol. The molecular formula is C14H16IN3O2. The fraction of sp³-hybridized carbons (Fsp3) is 0.286. The van der Waals surface area contributed by atoms with Crippen LogP contribution in [0.1, 0.15) is 11.5 Å². The Morgan fingerprint density at radius 1 is 1.15 bits per heavy atom. The van der Waals surface area contributed by atoms with E-state index in [0.29, 0.717) is 19.0 Å². The third kappa shape index (κ3) is 3.80. The molecule has 0 aliphatic heterocycles. The average Bonchev–Trinajstić information content (AvgIpc) is 2.49. The molecule has 1 aromatic heterocycles. The number of aromatic nitrogens is 2. The Hall–Kier alpha value is -1.41. The normalized spacial score (nSPS) is 10.3. The number of halogens is 1. The van der Waals surface area contributed by atoms with Gasteiger partial charge in [-0.3, -0.25) is 0 Å². The Morgan fingerprint density at radius 2 is 1.90 bits per heavy atom. The van der Waals surface area contributed by atoms with Crippen LogP contribution >= 0.6 is 22.6 Å². The van der Waals surface area contributed by atoms with Gasteiger partial charge in [-0.1, -0.05) is 18.2 Å². The van der Waals surface area contributed by atoms with Gasteiger partial charge in [-0.15, -0.1) is 0 Å². The fourth-order valence-electron chi connectivity index (χ4n) is 1.67. The van der Waals surface area contributed by atoms with Crippen LogP contribution in [-0.4, -0.2) is 24.1 Å². The summed E-state index contributed by atoms with van der Waals surface area (Å²) in [5, 5.41) is 3.06. The minimum atomic E-state index is 0.326. The molecule has 2 rings (SSSR count). The van der Waals surface area contributed by atoms with Crippen LogP contribution in [0.15, 0.2) is 30.3 Å². The summed E-state index contributed by atoms with van der Waals surface area (Å²) in [5.41, 5.74) is 0.860. The molecule has 0 fully saturated rings. The summed E-state index contributed by atoms with van der Waals surface area (Å²) in [6, 6.07) is 9.62. The van der Waals surface area contributed by atoms with Crippen LogP contribution in [0.4, 0.5) is 5.82 Å². The topological polar surface area (TPSA) is 56.3 Å². The van der Waals surface area contributed by atoms with Crippen molar-refractivity contribution in [3.8, 4) is 5.75 Å². The number of anilines is 1. The largest absolute Gasteiger partial charge is 0.486 e. The standard InChI is InChI=1S/C14H16IN3O2/c1-16-14-13(15)11(8-19-2)17-12(18-14)9-20-10-6-4-3-5-7-10/h3-7H,8-9H2,1-2H3,(H,16,17,18). The molecule has 1 heterocycles. The van der Waals surface area contributed by atoms with Crippen LogP contribution in [0.2, 0.25) is 0 Å². The predicted octanol–water partition coefficient (Wildman–Crippen LogP) is 2.85. The van der Waals surface area contributed by atoms with Crippen molar-refractivity contribution in [1.29, 1.82) is 0 Å². The first kappa shape index (κ1) is 15.0. The maximum absolute atomic E-state index is 5.67. The number of benzene rings is 1. The Bertz CT molecular complexity index is 564. The molecule has 106 valence electrons. The van der Waals surface area contributed by atoms with Gasteiger partial charge in [0.25, 0.3) is 0 Å². The average molecular weight is 385 g/mol. The molecule has 0 unspecified atom stereocenters. The molecule has 0 radical (unpaired) electrons. The molecule has 0 spiro atoms. The van der Waals surface area contributed by atoms with E-state index in [9.17, 15) is 0 Å². The summed E-state index contributed by atoms with van der Waals surface area (Å²) in [7, 11) is 3.49. The number of nitrogens with zero attached hydrogens (tertiary/aromatic N) is 2. The highest BCUT2D eigenvalue weighted by Gasteiger charge is 2.11. The van der Waals surface area contributed by atoms with Crippen molar-refractivity contribution in [2.45, 2.75) is 13.2 Å². The van der Waals surface area contributed by atoms with Crippen molar-refractivity contribution >= 4 is 28.4 Å².